The normalized spacial score (nSPS) is 18.5. The van der Waals surface area contributed by atoms with Crippen LogP contribution in [0.2, 0.25) is 0 Å². The Bertz CT molecular complexity index is 378. The van der Waals surface area contributed by atoms with Crippen LogP contribution < -0.4 is 0 Å². The van der Waals surface area contributed by atoms with E-state index in [1.807, 2.05) is 0 Å². The van der Waals surface area contributed by atoms with Crippen LogP contribution in [0.4, 0.5) is 8.78 Å². The highest BCUT2D eigenvalue weighted by atomic mass is 19.2. The summed E-state index contributed by atoms with van der Waals surface area (Å²) in [7, 11) is 0. The van der Waals surface area contributed by atoms with Crippen molar-refractivity contribution >= 4 is 0 Å². The Balaban J connectivity index is 1.88. The average molecular weight is 244 g/mol. The van der Waals surface area contributed by atoms with Crippen molar-refractivity contribution in [2.24, 2.45) is 0 Å². The number of aliphatic hydroxyl groups excluding tert-OH is 1. The quantitative estimate of drug-likeness (QED) is 0.875. The van der Waals surface area contributed by atoms with Crippen LogP contribution >= 0.6 is 0 Å². The Labute approximate surface area is 98.0 Å². The molecule has 17 heavy (non-hydrogen) atoms. The van der Waals surface area contributed by atoms with Crippen molar-refractivity contribution in [1.29, 1.82) is 0 Å². The smallest absolute Gasteiger partial charge is 0.160 e. The molecule has 3 nitrogen and oxygen atoms in total. The molecule has 0 amide bonds. The second-order valence-electron chi connectivity index (χ2n) is 4.01. The Morgan fingerprint density at radius 3 is 2.59 bits per heavy atom. The summed E-state index contributed by atoms with van der Waals surface area (Å²) in [6.45, 7) is 1.06. The van der Waals surface area contributed by atoms with Crippen LogP contribution in [-0.2, 0) is 15.9 Å². The molecular formula is C12H14F2O3. The van der Waals surface area contributed by atoms with E-state index < -0.39 is 24.0 Å². The van der Waals surface area contributed by atoms with Crippen molar-refractivity contribution in [2.45, 2.75) is 25.2 Å². The van der Waals surface area contributed by atoms with Gasteiger partial charge in [0.2, 0.25) is 0 Å². The first-order valence-corrected chi connectivity index (χ1v) is 5.50. The molecule has 1 unspecified atom stereocenters. The Kier molecular flexibility index (Phi) is 4.04. The molecule has 1 aliphatic heterocycles. The van der Waals surface area contributed by atoms with Gasteiger partial charge in [-0.25, -0.2) is 8.78 Å². The molecule has 0 aliphatic carbocycles. The number of hydrogen-bond acceptors (Lipinski definition) is 3. The summed E-state index contributed by atoms with van der Waals surface area (Å²) in [5.41, 5.74) is 0.550. The highest BCUT2D eigenvalue weighted by Crippen LogP contribution is 2.15. The maximum Gasteiger partial charge on any atom is 0.160 e. The van der Waals surface area contributed by atoms with Gasteiger partial charge in [0.1, 0.15) is 0 Å². The molecule has 1 aromatic carbocycles. The van der Waals surface area contributed by atoms with E-state index in [4.69, 9.17) is 9.47 Å². The SMILES string of the molecule is OC(Cc1ccc(F)c(F)c1)CC1OCCO1. The van der Waals surface area contributed by atoms with E-state index >= 15 is 0 Å². The van der Waals surface area contributed by atoms with E-state index in [0.717, 1.165) is 12.1 Å². The van der Waals surface area contributed by atoms with Gasteiger partial charge in [0, 0.05) is 6.42 Å². The summed E-state index contributed by atoms with van der Waals surface area (Å²) in [6.07, 6.45) is -0.502. The summed E-state index contributed by atoms with van der Waals surface area (Å²) in [4.78, 5) is 0. The third-order valence-electron chi connectivity index (χ3n) is 2.61. The third-order valence-corrected chi connectivity index (χ3v) is 2.61. The van der Waals surface area contributed by atoms with E-state index in [9.17, 15) is 13.9 Å². The predicted molar refractivity (Wildman–Crippen MR) is 56.4 cm³/mol. The monoisotopic (exact) mass is 244 g/mol. The van der Waals surface area contributed by atoms with Crippen LogP contribution in [0.15, 0.2) is 18.2 Å². The van der Waals surface area contributed by atoms with Gasteiger partial charge in [-0.15, -0.1) is 0 Å². The molecule has 1 saturated heterocycles. The molecule has 94 valence electrons. The number of ether oxygens (including phenoxy) is 2. The molecule has 0 aromatic heterocycles. The molecule has 0 bridgehead atoms. The van der Waals surface area contributed by atoms with Crippen LogP contribution in [0, 0.1) is 11.6 Å². The number of hydrogen-bond donors (Lipinski definition) is 1. The zero-order valence-electron chi connectivity index (χ0n) is 9.23. The van der Waals surface area contributed by atoms with E-state index in [1.165, 1.54) is 6.07 Å². The fraction of sp³-hybridized carbons (Fsp3) is 0.500. The first-order chi connectivity index (χ1) is 8.15. The van der Waals surface area contributed by atoms with E-state index in [1.54, 1.807) is 0 Å². The highest BCUT2D eigenvalue weighted by molar-refractivity contribution is 5.18. The van der Waals surface area contributed by atoms with Gasteiger partial charge in [-0.1, -0.05) is 6.07 Å². The van der Waals surface area contributed by atoms with Crippen molar-refractivity contribution in [3.8, 4) is 0 Å². The number of rotatable bonds is 4. The lowest BCUT2D eigenvalue weighted by molar-refractivity contribution is -0.0698. The zero-order valence-corrected chi connectivity index (χ0v) is 9.23. The second kappa shape index (κ2) is 5.53. The van der Waals surface area contributed by atoms with Crippen LogP contribution in [0.5, 0.6) is 0 Å². The summed E-state index contributed by atoms with van der Waals surface area (Å²) in [6, 6.07) is 3.60. The lowest BCUT2D eigenvalue weighted by Crippen LogP contribution is -2.20. The minimum atomic E-state index is -0.900. The van der Waals surface area contributed by atoms with Gasteiger partial charge < -0.3 is 14.6 Å². The van der Waals surface area contributed by atoms with E-state index in [2.05, 4.69) is 0 Å². The van der Waals surface area contributed by atoms with Gasteiger partial charge in [-0.05, 0) is 24.1 Å². The molecule has 1 aromatic rings. The number of benzene rings is 1. The maximum absolute atomic E-state index is 12.9. The van der Waals surface area contributed by atoms with Gasteiger partial charge in [-0.2, -0.15) is 0 Å². The average Bonchev–Trinajstić information content (AvgIpc) is 2.76. The molecule has 1 fully saturated rings. The molecule has 1 atom stereocenters. The first-order valence-electron chi connectivity index (χ1n) is 5.50. The molecule has 2 rings (SSSR count). The van der Waals surface area contributed by atoms with Gasteiger partial charge in [0.05, 0.1) is 19.3 Å². The second-order valence-corrected chi connectivity index (χ2v) is 4.01. The van der Waals surface area contributed by atoms with Crippen LogP contribution in [0.3, 0.4) is 0 Å². The van der Waals surface area contributed by atoms with Crippen molar-refractivity contribution < 1.29 is 23.4 Å². The minimum Gasteiger partial charge on any atom is -0.393 e. The summed E-state index contributed by atoms with van der Waals surface area (Å²) in [5, 5.41) is 9.75. The molecule has 0 spiro atoms. The molecular weight excluding hydrogens is 230 g/mol. The fourth-order valence-corrected chi connectivity index (χ4v) is 1.79. The van der Waals surface area contributed by atoms with Gasteiger partial charge in [-0.3, -0.25) is 0 Å². The third kappa shape index (κ3) is 3.46. The number of halogens is 2. The topological polar surface area (TPSA) is 38.7 Å². The van der Waals surface area contributed by atoms with Crippen LogP contribution in [0.1, 0.15) is 12.0 Å². The molecule has 1 heterocycles. The van der Waals surface area contributed by atoms with E-state index in [-0.39, 0.29) is 6.42 Å². The van der Waals surface area contributed by atoms with Crippen molar-refractivity contribution in [3.63, 3.8) is 0 Å². The van der Waals surface area contributed by atoms with Gasteiger partial charge in [0.25, 0.3) is 0 Å². The lowest BCUT2D eigenvalue weighted by atomic mass is 10.1. The highest BCUT2D eigenvalue weighted by Gasteiger charge is 2.20. The Morgan fingerprint density at radius 2 is 1.94 bits per heavy atom. The fourth-order valence-electron chi connectivity index (χ4n) is 1.79. The van der Waals surface area contributed by atoms with Crippen molar-refractivity contribution in [2.75, 3.05) is 13.2 Å². The largest absolute Gasteiger partial charge is 0.393 e. The van der Waals surface area contributed by atoms with Gasteiger partial charge in [0.15, 0.2) is 17.9 Å². The molecule has 1 aliphatic rings. The number of aliphatic hydroxyl groups is 1. The zero-order chi connectivity index (χ0) is 12.3. The maximum atomic E-state index is 12.9. The van der Waals surface area contributed by atoms with E-state index in [0.29, 0.717) is 25.2 Å². The standard InChI is InChI=1S/C12H14F2O3/c13-10-2-1-8(6-11(10)14)5-9(15)7-12-16-3-4-17-12/h1-2,6,9,12,15H,3-5,7H2. The molecule has 0 radical (unpaired) electrons. The minimum absolute atomic E-state index is 0.250. The molecule has 5 heteroatoms. The summed E-state index contributed by atoms with van der Waals surface area (Å²) >= 11 is 0. The van der Waals surface area contributed by atoms with Crippen LogP contribution in [0.25, 0.3) is 0 Å². The predicted octanol–water partition coefficient (Wildman–Crippen LogP) is 1.63. The summed E-state index contributed by atoms with van der Waals surface area (Å²) in [5.74, 6) is -1.78. The Hall–Kier alpha value is -1.04. The molecule has 0 saturated carbocycles. The lowest BCUT2D eigenvalue weighted by Gasteiger charge is -2.14. The first kappa shape index (κ1) is 12.4. The van der Waals surface area contributed by atoms with Crippen LogP contribution in [-0.4, -0.2) is 30.7 Å². The van der Waals surface area contributed by atoms with Crippen molar-refractivity contribution in [3.05, 3.63) is 35.4 Å². The summed E-state index contributed by atoms with van der Waals surface area (Å²) < 4.78 is 36.0. The van der Waals surface area contributed by atoms with Crippen molar-refractivity contribution in [1.82, 2.24) is 0 Å². The molecule has 1 N–H and O–H groups in total. The van der Waals surface area contributed by atoms with Gasteiger partial charge >= 0.3 is 0 Å². The Morgan fingerprint density at radius 1 is 1.24 bits per heavy atom.